The van der Waals surface area contributed by atoms with Crippen LogP contribution in [0.25, 0.3) is 0 Å². The second kappa shape index (κ2) is 8.73. The summed E-state index contributed by atoms with van der Waals surface area (Å²) in [5, 5.41) is 15.5. The van der Waals surface area contributed by atoms with E-state index in [4.69, 9.17) is 11.6 Å². The van der Waals surface area contributed by atoms with E-state index in [0.717, 1.165) is 5.56 Å². The molecule has 0 unspecified atom stereocenters. The summed E-state index contributed by atoms with van der Waals surface area (Å²) in [5.41, 5.74) is 1.83. The van der Waals surface area contributed by atoms with Crippen LogP contribution in [-0.2, 0) is 0 Å². The number of benzene rings is 2. The number of nitrogens with one attached hydrogen (secondary N) is 1. The van der Waals surface area contributed by atoms with Crippen molar-refractivity contribution in [1.29, 1.82) is 0 Å². The Morgan fingerprint density at radius 1 is 1.10 bits per heavy atom. The van der Waals surface area contributed by atoms with Gasteiger partial charge in [0.05, 0.1) is 10.6 Å². The molecule has 2 heterocycles. The number of rotatable bonds is 5. The molecule has 1 fully saturated rings. The maximum Gasteiger partial charge on any atom is 0.353 e. The second-order valence-electron chi connectivity index (χ2n) is 7.16. The highest BCUT2D eigenvalue weighted by Crippen LogP contribution is 2.35. The van der Waals surface area contributed by atoms with E-state index >= 15 is 0 Å². The zero-order valence-electron chi connectivity index (χ0n) is 16.8. The first kappa shape index (κ1) is 20.8. The fourth-order valence-corrected chi connectivity index (χ4v) is 3.85. The van der Waals surface area contributed by atoms with Crippen LogP contribution in [0.3, 0.4) is 0 Å². The Morgan fingerprint density at radius 3 is 2.48 bits per heavy atom. The maximum atomic E-state index is 14.1. The summed E-state index contributed by atoms with van der Waals surface area (Å²) in [6, 6.07) is 11.8. The molecule has 0 bridgehead atoms. The molecule has 1 N–H and O–H groups in total. The molecule has 31 heavy (non-hydrogen) atoms. The predicted octanol–water partition coefficient (Wildman–Crippen LogP) is 4.56. The molecule has 0 amide bonds. The third-order valence-corrected chi connectivity index (χ3v) is 5.43. The molecule has 0 aliphatic carbocycles. The van der Waals surface area contributed by atoms with Crippen LogP contribution in [0.2, 0.25) is 5.02 Å². The van der Waals surface area contributed by atoms with Crippen LogP contribution in [0, 0.1) is 22.9 Å². The Kier molecular flexibility index (Phi) is 5.85. The van der Waals surface area contributed by atoms with Crippen LogP contribution in [-0.4, -0.2) is 41.1 Å². The van der Waals surface area contributed by atoms with E-state index in [1.54, 1.807) is 36.4 Å². The SMILES string of the molecule is Cc1cc(Cl)ccc1Nc1ncnc(N2CCN(c3ccccc3F)CC2)c1[N+](=O)[O-]. The Labute approximate surface area is 183 Å². The number of aryl methyl sites for hydroxylation is 1. The van der Waals surface area contributed by atoms with Gasteiger partial charge in [-0.05, 0) is 42.8 Å². The molecule has 0 saturated carbocycles. The molecular formula is C21H20ClFN6O2. The molecule has 10 heteroatoms. The average Bonchev–Trinajstić information content (AvgIpc) is 2.76. The first-order valence-corrected chi connectivity index (χ1v) is 10.1. The van der Waals surface area contributed by atoms with E-state index in [2.05, 4.69) is 15.3 Å². The lowest BCUT2D eigenvalue weighted by Crippen LogP contribution is -2.47. The molecule has 2 aromatic carbocycles. The average molecular weight is 443 g/mol. The molecule has 8 nitrogen and oxygen atoms in total. The number of nitro groups is 1. The topological polar surface area (TPSA) is 87.4 Å². The summed E-state index contributed by atoms with van der Waals surface area (Å²) in [6.07, 6.45) is 1.30. The lowest BCUT2D eigenvalue weighted by Gasteiger charge is -2.36. The third-order valence-electron chi connectivity index (χ3n) is 5.20. The van der Waals surface area contributed by atoms with Crippen molar-refractivity contribution in [3.05, 3.63) is 75.3 Å². The monoisotopic (exact) mass is 442 g/mol. The highest BCUT2D eigenvalue weighted by atomic mass is 35.5. The first-order valence-electron chi connectivity index (χ1n) is 9.71. The lowest BCUT2D eigenvalue weighted by molar-refractivity contribution is -0.383. The van der Waals surface area contributed by atoms with Gasteiger partial charge in [-0.2, -0.15) is 0 Å². The van der Waals surface area contributed by atoms with E-state index < -0.39 is 4.92 Å². The minimum atomic E-state index is -0.480. The van der Waals surface area contributed by atoms with Gasteiger partial charge >= 0.3 is 5.69 Å². The van der Waals surface area contributed by atoms with Crippen LogP contribution < -0.4 is 15.1 Å². The number of halogens is 2. The fraction of sp³-hybridized carbons (Fsp3) is 0.238. The highest BCUT2D eigenvalue weighted by Gasteiger charge is 2.30. The molecule has 1 aliphatic rings. The summed E-state index contributed by atoms with van der Waals surface area (Å²) in [4.78, 5) is 23.5. The van der Waals surface area contributed by atoms with Crippen molar-refractivity contribution in [3.8, 4) is 0 Å². The van der Waals surface area contributed by atoms with Crippen molar-refractivity contribution in [1.82, 2.24) is 9.97 Å². The molecule has 1 aliphatic heterocycles. The van der Waals surface area contributed by atoms with Gasteiger partial charge in [0.15, 0.2) is 0 Å². The Morgan fingerprint density at radius 2 is 1.81 bits per heavy atom. The third kappa shape index (κ3) is 4.36. The van der Waals surface area contributed by atoms with E-state index in [1.165, 1.54) is 12.4 Å². The smallest absolute Gasteiger partial charge is 0.353 e. The van der Waals surface area contributed by atoms with Crippen molar-refractivity contribution in [2.75, 3.05) is 41.3 Å². The summed E-state index contributed by atoms with van der Waals surface area (Å²) in [6.45, 7) is 3.81. The summed E-state index contributed by atoms with van der Waals surface area (Å²) < 4.78 is 14.1. The molecule has 3 aromatic rings. The quantitative estimate of drug-likeness (QED) is 0.458. The largest absolute Gasteiger partial charge is 0.366 e. The first-order chi connectivity index (χ1) is 14.9. The molecule has 0 radical (unpaired) electrons. The molecular weight excluding hydrogens is 423 g/mol. The van der Waals surface area contributed by atoms with E-state index in [0.29, 0.717) is 42.6 Å². The lowest BCUT2D eigenvalue weighted by atomic mass is 10.2. The molecule has 1 aromatic heterocycles. The van der Waals surface area contributed by atoms with Gasteiger partial charge < -0.3 is 15.1 Å². The summed E-state index contributed by atoms with van der Waals surface area (Å²) >= 11 is 6.00. The number of piperazine rings is 1. The Balaban J connectivity index is 1.58. The number of anilines is 4. The van der Waals surface area contributed by atoms with Crippen LogP contribution in [0.1, 0.15) is 5.56 Å². The molecule has 0 spiro atoms. The van der Waals surface area contributed by atoms with Crippen molar-refractivity contribution in [2.45, 2.75) is 6.92 Å². The predicted molar refractivity (Wildman–Crippen MR) is 119 cm³/mol. The molecule has 160 valence electrons. The second-order valence-corrected chi connectivity index (χ2v) is 7.60. The molecule has 0 atom stereocenters. The van der Waals surface area contributed by atoms with Gasteiger partial charge in [0.2, 0.25) is 11.6 Å². The number of hydrogen-bond acceptors (Lipinski definition) is 7. The van der Waals surface area contributed by atoms with Gasteiger partial charge in [-0.25, -0.2) is 14.4 Å². The standard InChI is InChI=1S/C21H20ClFN6O2/c1-14-12-15(22)6-7-17(14)26-20-19(29(30)31)21(25-13-24-20)28-10-8-27(9-11-28)18-5-3-2-4-16(18)23/h2-7,12-13H,8-11H2,1H3,(H,24,25,26). The van der Waals surface area contributed by atoms with E-state index in [1.807, 2.05) is 16.7 Å². The van der Waals surface area contributed by atoms with Crippen molar-refractivity contribution >= 4 is 40.3 Å². The highest BCUT2D eigenvalue weighted by molar-refractivity contribution is 6.30. The van der Waals surface area contributed by atoms with Crippen LogP contribution >= 0.6 is 11.6 Å². The van der Waals surface area contributed by atoms with Crippen LogP contribution in [0.15, 0.2) is 48.8 Å². The zero-order valence-corrected chi connectivity index (χ0v) is 17.5. The van der Waals surface area contributed by atoms with Crippen molar-refractivity contribution in [2.24, 2.45) is 0 Å². The van der Waals surface area contributed by atoms with Gasteiger partial charge in [0, 0.05) is 36.9 Å². The Hall–Kier alpha value is -3.46. The molecule has 4 rings (SSSR count). The maximum absolute atomic E-state index is 14.1. The Bertz CT molecular complexity index is 1120. The van der Waals surface area contributed by atoms with Crippen LogP contribution in [0.5, 0.6) is 0 Å². The zero-order chi connectivity index (χ0) is 22.0. The molecule has 1 saturated heterocycles. The summed E-state index contributed by atoms with van der Waals surface area (Å²) in [7, 11) is 0. The number of para-hydroxylation sites is 1. The minimum Gasteiger partial charge on any atom is -0.366 e. The minimum absolute atomic E-state index is 0.108. The van der Waals surface area contributed by atoms with Gasteiger partial charge in [0.25, 0.3) is 0 Å². The van der Waals surface area contributed by atoms with Gasteiger partial charge in [-0.3, -0.25) is 10.1 Å². The fourth-order valence-electron chi connectivity index (χ4n) is 3.62. The van der Waals surface area contributed by atoms with Gasteiger partial charge in [0.1, 0.15) is 12.1 Å². The summed E-state index contributed by atoms with van der Waals surface area (Å²) in [5.74, 6) is 0.0630. The number of aromatic nitrogens is 2. The normalized spacial score (nSPS) is 13.9. The number of nitrogens with zero attached hydrogens (tertiary/aromatic N) is 5. The number of hydrogen-bond donors (Lipinski definition) is 1. The van der Waals surface area contributed by atoms with Crippen molar-refractivity contribution < 1.29 is 9.31 Å². The van der Waals surface area contributed by atoms with Gasteiger partial charge in [-0.1, -0.05) is 23.7 Å². The van der Waals surface area contributed by atoms with Crippen molar-refractivity contribution in [3.63, 3.8) is 0 Å². The van der Waals surface area contributed by atoms with Gasteiger partial charge in [-0.15, -0.1) is 0 Å². The van der Waals surface area contributed by atoms with E-state index in [9.17, 15) is 14.5 Å². The van der Waals surface area contributed by atoms with Crippen LogP contribution in [0.4, 0.5) is 33.1 Å². The van der Waals surface area contributed by atoms with E-state index in [-0.39, 0.29) is 23.1 Å².